The van der Waals surface area contributed by atoms with Crippen LogP contribution in [0.3, 0.4) is 0 Å². The number of para-hydroxylation sites is 2. The van der Waals surface area contributed by atoms with Crippen LogP contribution in [0.4, 0.5) is 34.1 Å². The number of ether oxygens (including phenoxy) is 2. The van der Waals surface area contributed by atoms with Crippen LogP contribution >= 0.6 is 0 Å². The summed E-state index contributed by atoms with van der Waals surface area (Å²) < 4.78 is 25.0. The van der Waals surface area contributed by atoms with Crippen molar-refractivity contribution in [2.75, 3.05) is 23.0 Å². The highest BCUT2D eigenvalue weighted by molar-refractivity contribution is 7.00. The van der Waals surface area contributed by atoms with Gasteiger partial charge in [0.1, 0.15) is 35.5 Å². The van der Waals surface area contributed by atoms with Gasteiger partial charge < -0.3 is 28.1 Å². The molecule has 0 radical (unpaired) electrons. The van der Waals surface area contributed by atoms with Crippen molar-refractivity contribution < 1.29 is 18.3 Å². The number of fused-ring (bicyclic) bond motifs is 11. The molecule has 6 nitrogen and oxygen atoms in total. The first-order valence-electron chi connectivity index (χ1n) is 23.6. The van der Waals surface area contributed by atoms with Crippen molar-refractivity contribution in [3.05, 3.63) is 187 Å². The summed E-state index contributed by atoms with van der Waals surface area (Å²) >= 11 is 0. The molecule has 7 heteroatoms. The molecule has 0 bridgehead atoms. The summed E-state index contributed by atoms with van der Waals surface area (Å²) in [4.78, 5) is 4.93. The minimum Gasteiger partial charge on any atom is -0.486 e. The second-order valence-corrected chi connectivity index (χ2v) is 19.6. The van der Waals surface area contributed by atoms with E-state index in [2.05, 4.69) is 189 Å². The first-order chi connectivity index (χ1) is 33.2. The van der Waals surface area contributed by atoms with Gasteiger partial charge >= 0.3 is 0 Å². The molecule has 0 amide bonds. The second kappa shape index (κ2) is 14.4. The summed E-state index contributed by atoms with van der Waals surface area (Å²) in [5, 5.41) is 4.52. The molecule has 0 spiro atoms. The van der Waals surface area contributed by atoms with E-state index < -0.39 is 0 Å². The van der Waals surface area contributed by atoms with Crippen LogP contribution in [-0.4, -0.2) is 19.9 Å². The molecule has 0 atom stereocenters. The van der Waals surface area contributed by atoms with E-state index in [1.165, 1.54) is 33.2 Å². The van der Waals surface area contributed by atoms with E-state index in [9.17, 15) is 0 Å². The van der Waals surface area contributed by atoms with E-state index in [0.717, 1.165) is 106 Å². The summed E-state index contributed by atoms with van der Waals surface area (Å²) in [7, 11) is 0. The van der Waals surface area contributed by atoms with E-state index in [1.807, 2.05) is 24.3 Å². The lowest BCUT2D eigenvalue weighted by Crippen LogP contribution is -2.61. The standard InChI is InChI=1S/C61H45BN2O4/c1-36-29-52-60-53(30-36)64(43-21-26-56-59(35-43)66-28-27-65-56)51-25-18-41(61(2,3)4)34-49(51)62(60)48-31-38(40-16-23-47-45-10-6-8-12-55(45)68-58(47)33-40)17-24-50(48)63(52)42-19-13-37(14-20-42)39-15-22-46-44-9-5-7-11-54(44)67-57(46)32-39/h5-26,29-35H,27-28H2,1-4H3. The van der Waals surface area contributed by atoms with Crippen LogP contribution < -0.4 is 35.7 Å². The first kappa shape index (κ1) is 39.1. The van der Waals surface area contributed by atoms with Crippen LogP contribution in [0.25, 0.3) is 66.1 Å². The Bertz CT molecular complexity index is 3900. The van der Waals surface area contributed by atoms with Gasteiger partial charge in [-0.25, -0.2) is 0 Å². The lowest BCUT2D eigenvalue weighted by Gasteiger charge is -2.45. The topological polar surface area (TPSA) is 51.2 Å². The number of anilines is 6. The van der Waals surface area contributed by atoms with E-state index in [0.29, 0.717) is 13.2 Å². The van der Waals surface area contributed by atoms with Gasteiger partial charge in [-0.15, -0.1) is 0 Å². The predicted octanol–water partition coefficient (Wildman–Crippen LogP) is 14.3. The van der Waals surface area contributed by atoms with E-state index in [4.69, 9.17) is 18.3 Å². The number of hydrogen-bond acceptors (Lipinski definition) is 6. The molecule has 0 fully saturated rings. The molecule has 3 aliphatic heterocycles. The third-order valence-electron chi connectivity index (χ3n) is 14.4. The van der Waals surface area contributed by atoms with Gasteiger partial charge in [0, 0.05) is 56.0 Å². The van der Waals surface area contributed by atoms with Crippen molar-refractivity contribution in [3.8, 4) is 33.8 Å². The third-order valence-corrected chi connectivity index (χ3v) is 14.4. The number of furan rings is 2. The Kier molecular flexibility index (Phi) is 8.28. The normalized spacial score (nSPS) is 13.9. The van der Waals surface area contributed by atoms with Gasteiger partial charge in [0.05, 0.1) is 5.69 Å². The number of aryl methyl sites for hydroxylation is 1. The minimum atomic E-state index is -0.0721. The molecule has 0 aliphatic carbocycles. The fourth-order valence-electron chi connectivity index (χ4n) is 11.1. The molecule has 326 valence electrons. The molecule has 0 saturated heterocycles. The molecule has 2 aromatic heterocycles. The molecule has 9 aromatic carbocycles. The SMILES string of the molecule is Cc1cc2c3c(c1)N(c1ccc4c(c1)OCCO4)c1ccc(C(C)(C)C)cc1B3c1cc(-c3ccc4c(c3)oc3ccccc34)ccc1N2c1ccc(-c2ccc3c(c2)oc2ccccc23)cc1. The van der Waals surface area contributed by atoms with Gasteiger partial charge in [-0.1, -0.05) is 106 Å². The Balaban J connectivity index is 0.985. The molecule has 0 N–H and O–H groups in total. The zero-order valence-corrected chi connectivity index (χ0v) is 38.3. The summed E-state index contributed by atoms with van der Waals surface area (Å²) in [6.45, 7) is 10.1. The molecule has 14 rings (SSSR count). The van der Waals surface area contributed by atoms with Gasteiger partial charge in [0.25, 0.3) is 6.71 Å². The molecule has 0 unspecified atom stereocenters. The van der Waals surface area contributed by atoms with Crippen molar-refractivity contribution in [1.29, 1.82) is 0 Å². The van der Waals surface area contributed by atoms with E-state index in [1.54, 1.807) is 0 Å². The fourth-order valence-corrected chi connectivity index (χ4v) is 11.1. The zero-order valence-electron chi connectivity index (χ0n) is 38.3. The smallest absolute Gasteiger partial charge is 0.252 e. The Morgan fingerprint density at radius 1 is 0.426 bits per heavy atom. The Labute approximate surface area is 394 Å². The number of rotatable bonds is 4. The van der Waals surface area contributed by atoms with Crippen molar-refractivity contribution in [1.82, 2.24) is 0 Å². The largest absolute Gasteiger partial charge is 0.486 e. The highest BCUT2D eigenvalue weighted by atomic mass is 16.6. The third kappa shape index (κ3) is 5.91. The first-order valence-corrected chi connectivity index (χ1v) is 23.6. The summed E-state index contributed by atoms with van der Waals surface area (Å²) in [5.74, 6) is 1.54. The number of nitrogens with zero attached hydrogens (tertiary/aromatic N) is 2. The maximum Gasteiger partial charge on any atom is 0.252 e. The van der Waals surface area contributed by atoms with Crippen LogP contribution in [0, 0.1) is 6.92 Å². The average Bonchev–Trinajstić information content (AvgIpc) is 3.93. The lowest BCUT2D eigenvalue weighted by atomic mass is 9.33. The van der Waals surface area contributed by atoms with Gasteiger partial charge in [-0.2, -0.15) is 0 Å². The van der Waals surface area contributed by atoms with Crippen LogP contribution in [0.1, 0.15) is 31.9 Å². The molecule has 5 heterocycles. The predicted molar refractivity (Wildman–Crippen MR) is 280 cm³/mol. The Morgan fingerprint density at radius 3 is 1.60 bits per heavy atom. The quantitative estimate of drug-likeness (QED) is 0.164. The van der Waals surface area contributed by atoms with E-state index >= 15 is 0 Å². The maximum absolute atomic E-state index is 6.45. The van der Waals surface area contributed by atoms with E-state index in [-0.39, 0.29) is 12.1 Å². The highest BCUT2D eigenvalue weighted by Gasteiger charge is 2.44. The van der Waals surface area contributed by atoms with Gasteiger partial charge in [-0.05, 0) is 147 Å². The summed E-state index contributed by atoms with van der Waals surface area (Å²) in [6.07, 6.45) is 0. The van der Waals surface area contributed by atoms with Crippen molar-refractivity contribution in [2.24, 2.45) is 0 Å². The van der Waals surface area contributed by atoms with Gasteiger partial charge in [-0.3, -0.25) is 0 Å². The second-order valence-electron chi connectivity index (χ2n) is 19.6. The number of benzene rings is 9. The van der Waals surface area contributed by atoms with Crippen LogP contribution in [0.5, 0.6) is 11.5 Å². The molecule has 3 aliphatic rings. The Morgan fingerprint density at radius 2 is 0.941 bits per heavy atom. The summed E-state index contributed by atoms with van der Waals surface area (Å²) in [6, 6.07) is 64.1. The minimum absolute atomic E-state index is 0.0673. The van der Waals surface area contributed by atoms with Crippen LogP contribution in [0.15, 0.2) is 185 Å². The van der Waals surface area contributed by atoms with Gasteiger partial charge in [0.15, 0.2) is 11.5 Å². The summed E-state index contributed by atoms with van der Waals surface area (Å²) in [5.41, 5.74) is 21.0. The van der Waals surface area contributed by atoms with Crippen LogP contribution in [-0.2, 0) is 5.41 Å². The van der Waals surface area contributed by atoms with Crippen LogP contribution in [0.2, 0.25) is 0 Å². The molecular weight excluding hydrogens is 835 g/mol. The number of hydrogen-bond donors (Lipinski definition) is 0. The molecule has 68 heavy (non-hydrogen) atoms. The maximum atomic E-state index is 6.45. The highest BCUT2D eigenvalue weighted by Crippen LogP contribution is 2.48. The lowest BCUT2D eigenvalue weighted by molar-refractivity contribution is 0.171. The average molecular weight is 881 g/mol. The molecule has 11 aromatic rings. The zero-order chi connectivity index (χ0) is 45.4. The monoisotopic (exact) mass is 880 g/mol. The van der Waals surface area contributed by atoms with Crippen molar-refractivity contribution in [3.63, 3.8) is 0 Å². The molecular formula is C61H45BN2O4. The van der Waals surface area contributed by atoms with Crippen molar-refractivity contribution in [2.45, 2.75) is 33.1 Å². The molecule has 0 saturated carbocycles. The Hall–Kier alpha value is -8.16. The van der Waals surface area contributed by atoms with Crippen molar-refractivity contribution >= 4 is 101 Å². The fraction of sp³-hybridized carbons (Fsp3) is 0.115. The van der Waals surface area contributed by atoms with Gasteiger partial charge in [0.2, 0.25) is 0 Å².